The van der Waals surface area contributed by atoms with E-state index in [1.165, 1.54) is 29.7 Å². The van der Waals surface area contributed by atoms with Gasteiger partial charge >= 0.3 is 0 Å². The minimum atomic E-state index is 0.0430. The normalized spacial score (nSPS) is 11.1. The van der Waals surface area contributed by atoms with Crippen LogP contribution in [0.5, 0.6) is 0 Å². The zero-order chi connectivity index (χ0) is 18.2. The van der Waals surface area contributed by atoms with E-state index in [0.717, 1.165) is 19.5 Å². The third kappa shape index (κ3) is 5.48. The first-order valence-electron chi connectivity index (χ1n) is 9.50. The van der Waals surface area contributed by atoms with Crippen molar-refractivity contribution in [2.45, 2.75) is 60.0 Å². The molecule has 1 heterocycles. The number of aryl methyl sites for hydroxylation is 1. The summed E-state index contributed by atoms with van der Waals surface area (Å²) in [4.78, 5) is 14.6. The molecule has 2 rings (SSSR count). The first-order valence-corrected chi connectivity index (χ1v) is 9.50. The average Bonchev–Trinajstić information content (AvgIpc) is 3.02. The van der Waals surface area contributed by atoms with Crippen LogP contribution in [0.4, 0.5) is 0 Å². The van der Waals surface area contributed by atoms with E-state index < -0.39 is 0 Å². The maximum atomic E-state index is 12.6. The van der Waals surface area contributed by atoms with Crippen LogP contribution in [0.15, 0.2) is 42.6 Å². The Balaban J connectivity index is 2.12. The van der Waals surface area contributed by atoms with Crippen molar-refractivity contribution in [3.63, 3.8) is 0 Å². The molecule has 0 radical (unpaired) electrons. The molecular formula is C22H32N2O. The number of hydrogen-bond acceptors (Lipinski definition) is 1. The van der Waals surface area contributed by atoms with E-state index in [0.29, 0.717) is 6.54 Å². The van der Waals surface area contributed by atoms with Crippen LogP contribution < -0.4 is 0 Å². The molecule has 0 spiro atoms. The number of carbonyl (C=O) groups excluding carboxylic acids is 1. The summed E-state index contributed by atoms with van der Waals surface area (Å²) in [6.07, 6.45) is 5.54. The van der Waals surface area contributed by atoms with Crippen LogP contribution in [-0.2, 0) is 17.9 Å². The van der Waals surface area contributed by atoms with Crippen LogP contribution >= 0.6 is 0 Å². The van der Waals surface area contributed by atoms with E-state index in [9.17, 15) is 4.79 Å². The molecule has 0 aliphatic carbocycles. The quantitative estimate of drug-likeness (QED) is 0.588. The Hall–Kier alpha value is -2.03. The van der Waals surface area contributed by atoms with Crippen LogP contribution in [0, 0.1) is 12.8 Å². The van der Waals surface area contributed by atoms with Gasteiger partial charge < -0.3 is 9.47 Å². The van der Waals surface area contributed by atoms with Crippen LogP contribution in [0.1, 0.15) is 56.9 Å². The fraction of sp³-hybridized carbons (Fsp3) is 0.500. The molecule has 136 valence electrons. The molecule has 0 aliphatic rings. The predicted octanol–water partition coefficient (Wildman–Crippen LogP) is 5.02. The minimum Gasteiger partial charge on any atom is -0.345 e. The summed E-state index contributed by atoms with van der Waals surface area (Å²) in [6.45, 7) is 10.7. The molecule has 0 N–H and O–H groups in total. The Labute approximate surface area is 152 Å². The third-order valence-corrected chi connectivity index (χ3v) is 4.72. The lowest BCUT2D eigenvalue weighted by Crippen LogP contribution is -2.35. The number of rotatable bonds is 9. The van der Waals surface area contributed by atoms with Gasteiger partial charge in [0.2, 0.25) is 5.91 Å². The highest BCUT2D eigenvalue weighted by molar-refractivity contribution is 5.78. The summed E-state index contributed by atoms with van der Waals surface area (Å²) in [5.74, 6) is 0.293. The lowest BCUT2D eigenvalue weighted by atomic mass is 10.1. The van der Waals surface area contributed by atoms with Gasteiger partial charge in [0.1, 0.15) is 0 Å². The standard InChI is InChI=1S/C22H32N2O/c1-5-6-9-14-24(22(25)18(2)3)17-21-13-10-15-23(21)16-20-12-8-7-11-19(20)4/h7-8,10-13,15,18H,5-6,9,14,16-17H2,1-4H3. The molecule has 0 unspecified atom stereocenters. The second kappa shape index (κ2) is 9.45. The lowest BCUT2D eigenvalue weighted by Gasteiger charge is -2.25. The molecule has 0 saturated carbocycles. The Kier molecular flexibility index (Phi) is 7.30. The summed E-state index contributed by atoms with van der Waals surface area (Å²) in [5, 5.41) is 0. The second-order valence-corrected chi connectivity index (χ2v) is 7.18. The number of aromatic nitrogens is 1. The van der Waals surface area contributed by atoms with Crippen molar-refractivity contribution in [3.8, 4) is 0 Å². The van der Waals surface area contributed by atoms with Gasteiger partial charge in [-0.2, -0.15) is 0 Å². The Morgan fingerprint density at radius 1 is 1.12 bits per heavy atom. The Morgan fingerprint density at radius 2 is 1.88 bits per heavy atom. The van der Waals surface area contributed by atoms with Gasteiger partial charge in [0.25, 0.3) is 0 Å². The van der Waals surface area contributed by atoms with E-state index in [2.05, 4.69) is 61.0 Å². The first kappa shape index (κ1) is 19.3. The Bertz CT molecular complexity index is 672. The van der Waals surface area contributed by atoms with Crippen molar-refractivity contribution in [2.24, 2.45) is 5.92 Å². The Morgan fingerprint density at radius 3 is 2.56 bits per heavy atom. The molecular weight excluding hydrogens is 308 g/mol. The van der Waals surface area contributed by atoms with Gasteiger partial charge in [0, 0.05) is 30.9 Å². The van der Waals surface area contributed by atoms with Gasteiger partial charge in [0.05, 0.1) is 6.54 Å². The summed E-state index contributed by atoms with van der Waals surface area (Å²) in [5.41, 5.74) is 3.83. The number of amides is 1. The van der Waals surface area contributed by atoms with Gasteiger partial charge in [-0.15, -0.1) is 0 Å². The number of hydrogen-bond donors (Lipinski definition) is 0. The van der Waals surface area contributed by atoms with Crippen molar-refractivity contribution >= 4 is 5.91 Å². The fourth-order valence-electron chi connectivity index (χ4n) is 3.10. The molecule has 25 heavy (non-hydrogen) atoms. The van der Waals surface area contributed by atoms with E-state index >= 15 is 0 Å². The molecule has 0 aliphatic heterocycles. The van der Waals surface area contributed by atoms with E-state index in [1.54, 1.807) is 0 Å². The van der Waals surface area contributed by atoms with Gasteiger partial charge in [-0.05, 0) is 36.6 Å². The molecule has 0 atom stereocenters. The van der Waals surface area contributed by atoms with Crippen molar-refractivity contribution in [1.29, 1.82) is 0 Å². The number of carbonyl (C=O) groups is 1. The molecule has 0 saturated heterocycles. The summed E-state index contributed by atoms with van der Waals surface area (Å²) in [7, 11) is 0. The maximum absolute atomic E-state index is 12.6. The van der Waals surface area contributed by atoms with Crippen LogP contribution in [0.25, 0.3) is 0 Å². The van der Waals surface area contributed by atoms with Crippen molar-refractivity contribution < 1.29 is 4.79 Å². The highest BCUT2D eigenvalue weighted by Crippen LogP contribution is 2.15. The van der Waals surface area contributed by atoms with Crippen LogP contribution in [0.3, 0.4) is 0 Å². The highest BCUT2D eigenvalue weighted by Gasteiger charge is 2.18. The molecule has 0 bridgehead atoms. The van der Waals surface area contributed by atoms with Crippen molar-refractivity contribution in [3.05, 3.63) is 59.4 Å². The monoisotopic (exact) mass is 340 g/mol. The lowest BCUT2D eigenvalue weighted by molar-refractivity contribution is -0.135. The minimum absolute atomic E-state index is 0.0430. The number of unbranched alkanes of at least 4 members (excludes halogenated alkanes) is 2. The number of nitrogens with zero attached hydrogens (tertiary/aromatic N) is 2. The zero-order valence-corrected chi connectivity index (χ0v) is 16.2. The van der Waals surface area contributed by atoms with Crippen LogP contribution in [0.2, 0.25) is 0 Å². The third-order valence-electron chi connectivity index (χ3n) is 4.72. The molecule has 3 nitrogen and oxygen atoms in total. The summed E-state index contributed by atoms with van der Waals surface area (Å²) >= 11 is 0. The van der Waals surface area contributed by atoms with Crippen molar-refractivity contribution in [1.82, 2.24) is 9.47 Å². The van der Waals surface area contributed by atoms with Gasteiger partial charge in [-0.3, -0.25) is 4.79 Å². The van der Waals surface area contributed by atoms with E-state index in [-0.39, 0.29) is 11.8 Å². The van der Waals surface area contributed by atoms with E-state index in [4.69, 9.17) is 0 Å². The predicted molar refractivity (Wildman–Crippen MR) is 104 cm³/mol. The molecule has 1 amide bonds. The zero-order valence-electron chi connectivity index (χ0n) is 16.2. The average molecular weight is 341 g/mol. The SMILES string of the molecule is CCCCCN(Cc1cccn1Cc1ccccc1C)C(=O)C(C)C. The number of benzene rings is 1. The largest absolute Gasteiger partial charge is 0.345 e. The molecule has 1 aromatic carbocycles. The van der Waals surface area contributed by atoms with E-state index in [1.807, 2.05) is 18.7 Å². The highest BCUT2D eigenvalue weighted by atomic mass is 16.2. The molecule has 2 aromatic rings. The molecule has 0 fully saturated rings. The molecule has 1 aromatic heterocycles. The van der Waals surface area contributed by atoms with Gasteiger partial charge in [0.15, 0.2) is 0 Å². The smallest absolute Gasteiger partial charge is 0.225 e. The van der Waals surface area contributed by atoms with Gasteiger partial charge in [-0.1, -0.05) is 57.9 Å². The topological polar surface area (TPSA) is 25.2 Å². The summed E-state index contributed by atoms with van der Waals surface area (Å²) < 4.78 is 2.27. The molecule has 3 heteroatoms. The second-order valence-electron chi connectivity index (χ2n) is 7.18. The maximum Gasteiger partial charge on any atom is 0.225 e. The van der Waals surface area contributed by atoms with Gasteiger partial charge in [-0.25, -0.2) is 0 Å². The van der Waals surface area contributed by atoms with Crippen LogP contribution in [-0.4, -0.2) is 21.9 Å². The first-order chi connectivity index (χ1) is 12.0. The summed E-state index contributed by atoms with van der Waals surface area (Å²) in [6, 6.07) is 12.7. The fourth-order valence-corrected chi connectivity index (χ4v) is 3.10. The van der Waals surface area contributed by atoms with Crippen molar-refractivity contribution in [2.75, 3.05) is 6.54 Å².